The highest BCUT2D eigenvalue weighted by molar-refractivity contribution is 9.10. The lowest BCUT2D eigenvalue weighted by Gasteiger charge is -2.30. The molecular weight excluding hydrogens is 268 g/mol. The molecular formula is C11H17BrN4. The predicted octanol–water partition coefficient (Wildman–Crippen LogP) is 1.93. The SMILES string of the molecule is CN1CCC(Nc2ncc(Br)cc2N)CC1. The van der Waals surface area contributed by atoms with Gasteiger partial charge in [-0.15, -0.1) is 0 Å². The minimum absolute atomic E-state index is 0.493. The summed E-state index contributed by atoms with van der Waals surface area (Å²) >= 11 is 3.35. The zero-order valence-electron chi connectivity index (χ0n) is 9.41. The molecule has 1 saturated heterocycles. The number of hydrogen-bond acceptors (Lipinski definition) is 4. The number of likely N-dealkylation sites (tertiary alicyclic amines) is 1. The van der Waals surface area contributed by atoms with E-state index in [-0.39, 0.29) is 0 Å². The summed E-state index contributed by atoms with van der Waals surface area (Å²) < 4.78 is 0.916. The van der Waals surface area contributed by atoms with Gasteiger partial charge in [-0.1, -0.05) is 0 Å². The molecule has 1 aromatic heterocycles. The van der Waals surface area contributed by atoms with Gasteiger partial charge in [-0.25, -0.2) is 4.98 Å². The Morgan fingerprint density at radius 3 is 2.81 bits per heavy atom. The van der Waals surface area contributed by atoms with E-state index in [0.717, 1.165) is 36.2 Å². The molecule has 0 radical (unpaired) electrons. The Balaban J connectivity index is 1.98. The van der Waals surface area contributed by atoms with E-state index in [1.165, 1.54) is 0 Å². The van der Waals surface area contributed by atoms with Crippen LogP contribution >= 0.6 is 15.9 Å². The number of nitrogens with one attached hydrogen (secondary N) is 1. The quantitative estimate of drug-likeness (QED) is 0.872. The number of halogens is 1. The fourth-order valence-electron chi connectivity index (χ4n) is 1.92. The minimum atomic E-state index is 0.493. The molecule has 4 nitrogen and oxygen atoms in total. The number of nitrogens with two attached hydrogens (primary N) is 1. The van der Waals surface area contributed by atoms with Crippen LogP contribution in [0.1, 0.15) is 12.8 Å². The average Bonchev–Trinajstić information content (AvgIpc) is 2.25. The Bertz CT molecular complexity index is 361. The summed E-state index contributed by atoms with van der Waals surface area (Å²) in [5.74, 6) is 0.803. The van der Waals surface area contributed by atoms with Gasteiger partial charge in [-0.3, -0.25) is 0 Å². The number of piperidine rings is 1. The van der Waals surface area contributed by atoms with Gasteiger partial charge in [-0.05, 0) is 55.0 Å². The van der Waals surface area contributed by atoms with Crippen LogP contribution in [0.2, 0.25) is 0 Å². The molecule has 0 bridgehead atoms. The summed E-state index contributed by atoms with van der Waals surface area (Å²) in [7, 11) is 2.16. The highest BCUT2D eigenvalue weighted by Crippen LogP contribution is 2.22. The molecule has 1 aromatic rings. The molecule has 1 fully saturated rings. The van der Waals surface area contributed by atoms with E-state index in [9.17, 15) is 0 Å². The van der Waals surface area contributed by atoms with Gasteiger partial charge in [0.2, 0.25) is 0 Å². The maximum absolute atomic E-state index is 5.90. The van der Waals surface area contributed by atoms with E-state index in [4.69, 9.17) is 5.73 Å². The monoisotopic (exact) mass is 284 g/mol. The van der Waals surface area contributed by atoms with Crippen molar-refractivity contribution in [2.75, 3.05) is 31.2 Å². The van der Waals surface area contributed by atoms with Crippen molar-refractivity contribution in [2.24, 2.45) is 0 Å². The van der Waals surface area contributed by atoms with Crippen molar-refractivity contribution in [3.8, 4) is 0 Å². The van der Waals surface area contributed by atoms with Crippen molar-refractivity contribution in [3.05, 3.63) is 16.7 Å². The van der Waals surface area contributed by atoms with Crippen LogP contribution < -0.4 is 11.1 Å². The molecule has 88 valence electrons. The third-order valence-electron chi connectivity index (χ3n) is 2.94. The molecule has 0 spiro atoms. The van der Waals surface area contributed by atoms with Crippen molar-refractivity contribution in [1.82, 2.24) is 9.88 Å². The molecule has 16 heavy (non-hydrogen) atoms. The molecule has 0 atom stereocenters. The molecule has 3 N–H and O–H groups in total. The van der Waals surface area contributed by atoms with Crippen molar-refractivity contribution in [2.45, 2.75) is 18.9 Å². The summed E-state index contributed by atoms with van der Waals surface area (Å²) in [5, 5.41) is 3.41. The van der Waals surface area contributed by atoms with Gasteiger partial charge in [0.05, 0.1) is 5.69 Å². The van der Waals surface area contributed by atoms with Gasteiger partial charge in [0.1, 0.15) is 5.82 Å². The van der Waals surface area contributed by atoms with Crippen LogP contribution in [-0.4, -0.2) is 36.1 Å². The van der Waals surface area contributed by atoms with E-state index in [1.54, 1.807) is 6.20 Å². The highest BCUT2D eigenvalue weighted by atomic mass is 79.9. The average molecular weight is 285 g/mol. The van der Waals surface area contributed by atoms with E-state index >= 15 is 0 Å². The first kappa shape index (κ1) is 11.7. The number of hydrogen-bond donors (Lipinski definition) is 2. The van der Waals surface area contributed by atoms with Gasteiger partial charge in [0.25, 0.3) is 0 Å². The normalized spacial score (nSPS) is 18.6. The number of pyridine rings is 1. The maximum Gasteiger partial charge on any atom is 0.149 e. The number of anilines is 2. The van der Waals surface area contributed by atoms with Crippen molar-refractivity contribution in [3.63, 3.8) is 0 Å². The first-order valence-electron chi connectivity index (χ1n) is 5.51. The zero-order chi connectivity index (χ0) is 11.5. The summed E-state index contributed by atoms with van der Waals surface area (Å²) in [4.78, 5) is 6.64. The van der Waals surface area contributed by atoms with Gasteiger partial charge < -0.3 is 16.0 Å². The number of nitrogens with zero attached hydrogens (tertiary/aromatic N) is 2. The van der Waals surface area contributed by atoms with Crippen molar-refractivity contribution in [1.29, 1.82) is 0 Å². The number of aromatic nitrogens is 1. The van der Waals surface area contributed by atoms with Crippen LogP contribution in [0.3, 0.4) is 0 Å². The zero-order valence-corrected chi connectivity index (χ0v) is 11.0. The summed E-state index contributed by atoms with van der Waals surface area (Å²) in [6.45, 7) is 2.27. The highest BCUT2D eigenvalue weighted by Gasteiger charge is 2.17. The molecule has 2 heterocycles. The van der Waals surface area contributed by atoms with Gasteiger partial charge in [0, 0.05) is 16.7 Å². The molecule has 0 unspecified atom stereocenters. The standard InChI is InChI=1S/C11H17BrN4/c1-16-4-2-9(3-5-16)15-11-10(13)6-8(12)7-14-11/h6-7,9H,2-5,13H2,1H3,(H,14,15). The van der Waals surface area contributed by atoms with E-state index in [1.807, 2.05) is 6.07 Å². The third-order valence-corrected chi connectivity index (χ3v) is 3.38. The lowest BCUT2D eigenvalue weighted by Crippen LogP contribution is -2.37. The second-order valence-corrected chi connectivity index (χ2v) is 5.23. The van der Waals surface area contributed by atoms with E-state index in [0.29, 0.717) is 11.7 Å². The van der Waals surface area contributed by atoms with Crippen LogP contribution in [0.25, 0.3) is 0 Å². The number of rotatable bonds is 2. The first-order chi connectivity index (χ1) is 7.65. The summed E-state index contributed by atoms with van der Waals surface area (Å²) in [6.07, 6.45) is 4.06. The van der Waals surface area contributed by atoms with Crippen LogP contribution in [0, 0.1) is 0 Å². The Morgan fingerprint density at radius 2 is 2.19 bits per heavy atom. The molecule has 0 amide bonds. The number of nitrogen functional groups attached to an aromatic ring is 1. The Labute approximate surface area is 104 Å². The second-order valence-electron chi connectivity index (χ2n) is 4.31. The summed E-state index contributed by atoms with van der Waals surface area (Å²) in [5.41, 5.74) is 6.60. The fraction of sp³-hybridized carbons (Fsp3) is 0.545. The Kier molecular flexibility index (Phi) is 3.66. The third kappa shape index (κ3) is 2.86. The van der Waals surface area contributed by atoms with Gasteiger partial charge in [0.15, 0.2) is 0 Å². The topological polar surface area (TPSA) is 54.2 Å². The fourth-order valence-corrected chi connectivity index (χ4v) is 2.27. The van der Waals surface area contributed by atoms with Crippen molar-refractivity contribution >= 4 is 27.4 Å². The van der Waals surface area contributed by atoms with E-state index < -0.39 is 0 Å². The van der Waals surface area contributed by atoms with E-state index in [2.05, 4.69) is 38.2 Å². The van der Waals surface area contributed by atoms with Crippen LogP contribution in [0.4, 0.5) is 11.5 Å². The second kappa shape index (κ2) is 5.01. The van der Waals surface area contributed by atoms with Crippen LogP contribution in [-0.2, 0) is 0 Å². The summed E-state index contributed by atoms with van der Waals surface area (Å²) in [6, 6.07) is 2.37. The lowest BCUT2D eigenvalue weighted by molar-refractivity contribution is 0.263. The van der Waals surface area contributed by atoms with Crippen molar-refractivity contribution < 1.29 is 0 Å². The van der Waals surface area contributed by atoms with Crippen LogP contribution in [0.5, 0.6) is 0 Å². The Morgan fingerprint density at radius 1 is 1.50 bits per heavy atom. The molecule has 0 aromatic carbocycles. The lowest BCUT2D eigenvalue weighted by atomic mass is 10.1. The van der Waals surface area contributed by atoms with Crippen LogP contribution in [0.15, 0.2) is 16.7 Å². The molecule has 0 saturated carbocycles. The maximum atomic E-state index is 5.90. The molecule has 1 aliphatic rings. The van der Waals surface area contributed by atoms with Gasteiger partial charge >= 0.3 is 0 Å². The Hall–Kier alpha value is -0.810. The molecule has 5 heteroatoms. The molecule has 2 rings (SSSR count). The molecule has 1 aliphatic heterocycles. The largest absolute Gasteiger partial charge is 0.396 e. The molecule has 0 aliphatic carbocycles. The van der Waals surface area contributed by atoms with Gasteiger partial charge in [-0.2, -0.15) is 0 Å². The predicted molar refractivity (Wildman–Crippen MR) is 70.5 cm³/mol. The first-order valence-corrected chi connectivity index (χ1v) is 6.30. The minimum Gasteiger partial charge on any atom is -0.396 e. The smallest absolute Gasteiger partial charge is 0.149 e.